The van der Waals surface area contributed by atoms with Crippen LogP contribution in [0.15, 0.2) is 0 Å². The summed E-state index contributed by atoms with van der Waals surface area (Å²) in [6.07, 6.45) is 1.87. The van der Waals surface area contributed by atoms with Gasteiger partial charge < -0.3 is 4.90 Å². The normalized spacial score (nSPS) is 12.8. The van der Waals surface area contributed by atoms with Crippen LogP contribution >= 0.6 is 12.6 Å². The molecular formula is C7H15NOS. The maximum absolute atomic E-state index is 11.1. The largest absolute Gasteiger partial charge is 0.348 e. The van der Waals surface area contributed by atoms with Gasteiger partial charge in [-0.05, 0) is 6.42 Å². The molecule has 0 spiro atoms. The first-order chi connectivity index (χ1) is 4.59. The van der Waals surface area contributed by atoms with Crippen molar-refractivity contribution in [2.24, 2.45) is 0 Å². The van der Waals surface area contributed by atoms with E-state index >= 15 is 0 Å². The van der Waals surface area contributed by atoms with Gasteiger partial charge in [0.15, 0.2) is 0 Å². The van der Waals surface area contributed by atoms with E-state index in [1.807, 2.05) is 6.92 Å². The van der Waals surface area contributed by atoms with Crippen molar-refractivity contribution >= 4 is 18.5 Å². The molecule has 0 radical (unpaired) electrons. The second-order valence-electron chi connectivity index (χ2n) is 2.54. The van der Waals surface area contributed by atoms with Gasteiger partial charge >= 0.3 is 0 Å². The summed E-state index contributed by atoms with van der Waals surface area (Å²) in [4.78, 5) is 12.7. The maximum atomic E-state index is 11.1. The van der Waals surface area contributed by atoms with Gasteiger partial charge in [-0.3, -0.25) is 4.79 Å². The van der Waals surface area contributed by atoms with Crippen LogP contribution in [0, 0.1) is 0 Å². The van der Waals surface area contributed by atoms with Crippen molar-refractivity contribution in [3.05, 3.63) is 0 Å². The molecule has 0 saturated carbocycles. The van der Waals surface area contributed by atoms with Crippen molar-refractivity contribution in [2.75, 3.05) is 14.1 Å². The van der Waals surface area contributed by atoms with E-state index in [1.165, 1.54) is 0 Å². The van der Waals surface area contributed by atoms with E-state index in [9.17, 15) is 4.79 Å². The number of hydrogen-bond donors (Lipinski definition) is 1. The van der Waals surface area contributed by atoms with Gasteiger partial charge in [0.05, 0.1) is 5.25 Å². The van der Waals surface area contributed by atoms with Gasteiger partial charge in [0.25, 0.3) is 0 Å². The fourth-order valence-electron chi connectivity index (χ4n) is 0.695. The Hall–Kier alpha value is -0.180. The molecule has 0 rings (SSSR count). The molecule has 0 aromatic rings. The monoisotopic (exact) mass is 161 g/mol. The van der Waals surface area contributed by atoms with Crippen LogP contribution in [0.1, 0.15) is 19.8 Å². The molecule has 0 saturated heterocycles. The molecule has 1 amide bonds. The van der Waals surface area contributed by atoms with Crippen LogP contribution in [-0.2, 0) is 4.79 Å². The maximum Gasteiger partial charge on any atom is 0.234 e. The number of nitrogens with zero attached hydrogens (tertiary/aromatic N) is 1. The summed E-state index contributed by atoms with van der Waals surface area (Å²) in [5.74, 6) is 0.102. The molecule has 1 atom stereocenters. The molecule has 0 N–H and O–H groups in total. The topological polar surface area (TPSA) is 20.3 Å². The molecule has 1 unspecified atom stereocenters. The Morgan fingerprint density at radius 1 is 1.60 bits per heavy atom. The molecular weight excluding hydrogens is 146 g/mol. The zero-order valence-electron chi connectivity index (χ0n) is 6.79. The van der Waals surface area contributed by atoms with Crippen molar-refractivity contribution in [1.29, 1.82) is 0 Å². The van der Waals surface area contributed by atoms with Gasteiger partial charge in [-0.25, -0.2) is 0 Å². The highest BCUT2D eigenvalue weighted by atomic mass is 32.1. The van der Waals surface area contributed by atoms with E-state index in [0.29, 0.717) is 0 Å². The summed E-state index contributed by atoms with van der Waals surface area (Å²) >= 11 is 4.15. The third-order valence-electron chi connectivity index (χ3n) is 1.29. The SMILES string of the molecule is CCCC(S)C(=O)N(C)C. The van der Waals surface area contributed by atoms with E-state index in [-0.39, 0.29) is 11.2 Å². The minimum Gasteiger partial charge on any atom is -0.348 e. The predicted octanol–water partition coefficient (Wildman–Crippen LogP) is 1.17. The Morgan fingerprint density at radius 2 is 2.10 bits per heavy atom. The average molecular weight is 161 g/mol. The van der Waals surface area contributed by atoms with Crippen molar-refractivity contribution in [3.63, 3.8) is 0 Å². The standard InChI is InChI=1S/C7H15NOS/c1-4-5-6(10)7(9)8(2)3/h6,10H,4-5H2,1-3H3. The Labute approximate surface area is 68.0 Å². The van der Waals surface area contributed by atoms with Gasteiger partial charge in [-0.1, -0.05) is 13.3 Å². The van der Waals surface area contributed by atoms with Gasteiger partial charge in [-0.2, -0.15) is 12.6 Å². The molecule has 0 aromatic heterocycles. The molecule has 10 heavy (non-hydrogen) atoms. The zero-order valence-corrected chi connectivity index (χ0v) is 7.69. The lowest BCUT2D eigenvalue weighted by atomic mass is 10.2. The molecule has 0 heterocycles. The summed E-state index contributed by atoms with van der Waals surface area (Å²) in [5.41, 5.74) is 0. The Balaban J connectivity index is 3.71. The number of hydrogen-bond acceptors (Lipinski definition) is 2. The van der Waals surface area contributed by atoms with Crippen LogP contribution in [0.3, 0.4) is 0 Å². The summed E-state index contributed by atoms with van der Waals surface area (Å²) in [7, 11) is 3.50. The first-order valence-corrected chi connectivity index (χ1v) is 4.00. The van der Waals surface area contributed by atoms with Crippen molar-refractivity contribution < 1.29 is 4.79 Å². The van der Waals surface area contributed by atoms with Gasteiger partial charge in [0.2, 0.25) is 5.91 Å². The Morgan fingerprint density at radius 3 is 2.40 bits per heavy atom. The molecule has 0 aliphatic heterocycles. The van der Waals surface area contributed by atoms with Crippen LogP contribution in [0.4, 0.5) is 0 Å². The van der Waals surface area contributed by atoms with Crippen LogP contribution < -0.4 is 0 Å². The van der Waals surface area contributed by atoms with Crippen LogP contribution in [-0.4, -0.2) is 30.2 Å². The van der Waals surface area contributed by atoms with Gasteiger partial charge in [0.1, 0.15) is 0 Å². The van der Waals surface area contributed by atoms with Crippen molar-refractivity contribution in [3.8, 4) is 0 Å². The number of rotatable bonds is 3. The van der Waals surface area contributed by atoms with Gasteiger partial charge in [-0.15, -0.1) is 0 Å². The highest BCUT2D eigenvalue weighted by molar-refractivity contribution is 7.81. The van der Waals surface area contributed by atoms with E-state index in [4.69, 9.17) is 0 Å². The fraction of sp³-hybridized carbons (Fsp3) is 0.857. The smallest absolute Gasteiger partial charge is 0.234 e. The molecule has 0 fully saturated rings. The quantitative estimate of drug-likeness (QED) is 0.616. The minimum absolute atomic E-state index is 0.102. The summed E-state index contributed by atoms with van der Waals surface area (Å²) in [6.45, 7) is 2.05. The number of thiol groups is 1. The van der Waals surface area contributed by atoms with Crippen LogP contribution in [0.2, 0.25) is 0 Å². The molecule has 0 aliphatic rings. The molecule has 2 nitrogen and oxygen atoms in total. The first-order valence-electron chi connectivity index (χ1n) is 3.48. The molecule has 3 heteroatoms. The first kappa shape index (κ1) is 9.82. The second-order valence-corrected chi connectivity index (χ2v) is 3.16. The number of carbonyl (C=O) groups is 1. The highest BCUT2D eigenvalue weighted by Crippen LogP contribution is 2.06. The molecule has 60 valence electrons. The molecule has 0 bridgehead atoms. The predicted molar refractivity (Wildman–Crippen MR) is 46.4 cm³/mol. The van der Waals surface area contributed by atoms with Crippen LogP contribution in [0.5, 0.6) is 0 Å². The third-order valence-corrected chi connectivity index (χ3v) is 1.77. The van der Waals surface area contributed by atoms with E-state index in [2.05, 4.69) is 12.6 Å². The zero-order chi connectivity index (χ0) is 8.15. The summed E-state index contributed by atoms with van der Waals surface area (Å²) < 4.78 is 0. The summed E-state index contributed by atoms with van der Waals surface area (Å²) in [5, 5.41) is -0.111. The Kier molecular flexibility index (Phi) is 4.52. The Bertz CT molecular complexity index is 114. The lowest BCUT2D eigenvalue weighted by molar-refractivity contribution is -0.128. The van der Waals surface area contributed by atoms with Crippen LogP contribution in [0.25, 0.3) is 0 Å². The van der Waals surface area contributed by atoms with Crippen molar-refractivity contribution in [1.82, 2.24) is 4.90 Å². The van der Waals surface area contributed by atoms with E-state index in [1.54, 1.807) is 19.0 Å². The minimum atomic E-state index is -0.111. The van der Waals surface area contributed by atoms with E-state index in [0.717, 1.165) is 12.8 Å². The molecule has 0 aliphatic carbocycles. The lowest BCUT2D eigenvalue weighted by Gasteiger charge is -2.14. The van der Waals surface area contributed by atoms with Gasteiger partial charge in [0, 0.05) is 14.1 Å². The third kappa shape index (κ3) is 3.11. The average Bonchev–Trinajstić information content (AvgIpc) is 1.87. The number of amides is 1. The second kappa shape index (κ2) is 4.61. The summed E-state index contributed by atoms with van der Waals surface area (Å²) in [6, 6.07) is 0. The number of carbonyl (C=O) groups excluding carboxylic acids is 1. The highest BCUT2D eigenvalue weighted by Gasteiger charge is 2.13. The van der Waals surface area contributed by atoms with Crippen molar-refractivity contribution in [2.45, 2.75) is 25.0 Å². The lowest BCUT2D eigenvalue weighted by Crippen LogP contribution is -2.30. The molecule has 0 aromatic carbocycles. The fourth-order valence-corrected chi connectivity index (χ4v) is 1.18. The van der Waals surface area contributed by atoms with E-state index < -0.39 is 0 Å².